The van der Waals surface area contributed by atoms with E-state index in [4.69, 9.17) is 5.73 Å². The molecule has 0 bridgehead atoms. The Balaban J connectivity index is 1.92. The Morgan fingerprint density at radius 3 is 2.60 bits per heavy atom. The van der Waals surface area contributed by atoms with E-state index >= 15 is 0 Å². The van der Waals surface area contributed by atoms with Gasteiger partial charge >= 0.3 is 0 Å². The molecule has 0 aliphatic rings. The number of amides is 1. The average Bonchev–Trinajstić information content (AvgIpc) is 2.43. The van der Waals surface area contributed by atoms with Crippen LogP contribution in [0.2, 0.25) is 0 Å². The van der Waals surface area contributed by atoms with Gasteiger partial charge in [-0.05, 0) is 58.2 Å². The van der Waals surface area contributed by atoms with Crippen LogP contribution in [0.3, 0.4) is 0 Å². The number of anilines is 1. The summed E-state index contributed by atoms with van der Waals surface area (Å²) in [6.07, 6.45) is 0.645. The maximum atomic E-state index is 12.8. The summed E-state index contributed by atoms with van der Waals surface area (Å²) in [7, 11) is 0. The van der Waals surface area contributed by atoms with Gasteiger partial charge in [0.15, 0.2) is 0 Å². The number of hydrogen-bond acceptors (Lipinski definition) is 2. The van der Waals surface area contributed by atoms with E-state index in [1.54, 1.807) is 30.3 Å². The molecule has 3 nitrogen and oxygen atoms in total. The molecule has 0 saturated carbocycles. The fourth-order valence-electron chi connectivity index (χ4n) is 1.78. The van der Waals surface area contributed by atoms with Gasteiger partial charge in [0.05, 0.1) is 5.56 Å². The highest BCUT2D eigenvalue weighted by Gasteiger charge is 2.09. The third-order valence-electron chi connectivity index (χ3n) is 2.85. The van der Waals surface area contributed by atoms with Crippen molar-refractivity contribution >= 4 is 27.5 Å². The molecule has 0 aliphatic heterocycles. The van der Waals surface area contributed by atoms with Crippen molar-refractivity contribution in [1.29, 1.82) is 0 Å². The zero-order valence-corrected chi connectivity index (χ0v) is 12.3. The van der Waals surface area contributed by atoms with Crippen molar-refractivity contribution in [2.75, 3.05) is 12.3 Å². The quantitative estimate of drug-likeness (QED) is 0.842. The predicted molar refractivity (Wildman–Crippen MR) is 81.0 cm³/mol. The molecular formula is C15H14BrFN2O. The monoisotopic (exact) mass is 336 g/mol. The third-order valence-corrected chi connectivity index (χ3v) is 3.54. The van der Waals surface area contributed by atoms with Crippen molar-refractivity contribution in [3.8, 4) is 0 Å². The van der Waals surface area contributed by atoms with Crippen LogP contribution in [0, 0.1) is 5.82 Å². The summed E-state index contributed by atoms with van der Waals surface area (Å²) in [5, 5.41) is 2.81. The minimum Gasteiger partial charge on any atom is -0.399 e. The smallest absolute Gasteiger partial charge is 0.252 e. The minimum absolute atomic E-state index is 0.189. The highest BCUT2D eigenvalue weighted by Crippen LogP contribution is 2.19. The van der Waals surface area contributed by atoms with Crippen molar-refractivity contribution < 1.29 is 9.18 Å². The van der Waals surface area contributed by atoms with Gasteiger partial charge in [0.1, 0.15) is 5.82 Å². The molecule has 0 spiro atoms. The first-order valence-electron chi connectivity index (χ1n) is 6.14. The molecule has 2 aromatic carbocycles. The molecule has 1 amide bonds. The number of nitrogen functional groups attached to an aromatic ring is 1. The lowest BCUT2D eigenvalue weighted by molar-refractivity contribution is 0.0953. The second kappa shape index (κ2) is 6.52. The van der Waals surface area contributed by atoms with Gasteiger partial charge in [-0.1, -0.05) is 12.1 Å². The van der Waals surface area contributed by atoms with E-state index in [1.165, 1.54) is 12.1 Å². The Bertz CT molecular complexity index is 614. The second-order valence-corrected chi connectivity index (χ2v) is 5.23. The highest BCUT2D eigenvalue weighted by molar-refractivity contribution is 9.10. The maximum absolute atomic E-state index is 12.8. The summed E-state index contributed by atoms with van der Waals surface area (Å²) < 4.78 is 13.5. The molecule has 0 aliphatic carbocycles. The van der Waals surface area contributed by atoms with Gasteiger partial charge < -0.3 is 11.1 Å². The number of carbonyl (C=O) groups is 1. The molecule has 0 fully saturated rings. The van der Waals surface area contributed by atoms with E-state index in [-0.39, 0.29) is 11.7 Å². The Morgan fingerprint density at radius 1 is 1.20 bits per heavy atom. The first kappa shape index (κ1) is 14.5. The number of carbonyl (C=O) groups excluding carboxylic acids is 1. The van der Waals surface area contributed by atoms with E-state index in [0.717, 1.165) is 5.56 Å². The Morgan fingerprint density at radius 2 is 1.90 bits per heavy atom. The molecule has 0 saturated heterocycles. The number of rotatable bonds is 4. The van der Waals surface area contributed by atoms with Gasteiger partial charge in [-0.15, -0.1) is 0 Å². The van der Waals surface area contributed by atoms with Crippen LogP contribution in [0.15, 0.2) is 46.9 Å². The number of halogens is 2. The minimum atomic E-state index is -0.263. The van der Waals surface area contributed by atoms with E-state index < -0.39 is 0 Å². The van der Waals surface area contributed by atoms with Crippen LogP contribution >= 0.6 is 15.9 Å². The summed E-state index contributed by atoms with van der Waals surface area (Å²) in [6, 6.07) is 11.3. The lowest BCUT2D eigenvalue weighted by atomic mass is 10.1. The van der Waals surface area contributed by atoms with E-state index in [2.05, 4.69) is 21.2 Å². The summed E-state index contributed by atoms with van der Waals surface area (Å²) in [5.74, 6) is -0.451. The van der Waals surface area contributed by atoms with Gasteiger partial charge in [0.2, 0.25) is 0 Å². The number of nitrogens with two attached hydrogens (primary N) is 1. The van der Waals surface area contributed by atoms with Gasteiger partial charge in [0, 0.05) is 16.7 Å². The zero-order valence-electron chi connectivity index (χ0n) is 10.7. The van der Waals surface area contributed by atoms with E-state index in [9.17, 15) is 9.18 Å². The number of hydrogen-bond donors (Lipinski definition) is 2. The first-order chi connectivity index (χ1) is 9.56. The van der Waals surface area contributed by atoms with Gasteiger partial charge in [0.25, 0.3) is 5.91 Å². The van der Waals surface area contributed by atoms with Gasteiger partial charge in [-0.3, -0.25) is 4.79 Å². The van der Waals surface area contributed by atoms with Crippen LogP contribution in [-0.4, -0.2) is 12.5 Å². The van der Waals surface area contributed by atoms with Crippen molar-refractivity contribution in [1.82, 2.24) is 5.32 Å². The normalized spacial score (nSPS) is 10.3. The van der Waals surface area contributed by atoms with Crippen LogP contribution in [0.25, 0.3) is 0 Å². The SMILES string of the molecule is Nc1ccc(Br)c(C(=O)NCCc2ccc(F)cc2)c1. The molecule has 3 N–H and O–H groups in total. The molecule has 0 radical (unpaired) electrons. The third kappa shape index (κ3) is 3.81. The van der Waals surface area contributed by atoms with E-state index in [1.807, 2.05) is 0 Å². The summed E-state index contributed by atoms with van der Waals surface area (Å²) in [5.41, 5.74) is 7.68. The fourth-order valence-corrected chi connectivity index (χ4v) is 2.21. The molecule has 2 rings (SSSR count). The molecule has 104 valence electrons. The molecule has 0 aromatic heterocycles. The lowest BCUT2D eigenvalue weighted by Crippen LogP contribution is -2.26. The Hall–Kier alpha value is -1.88. The van der Waals surface area contributed by atoms with Crippen LogP contribution < -0.4 is 11.1 Å². The molecule has 0 heterocycles. The summed E-state index contributed by atoms with van der Waals surface area (Å²) >= 11 is 3.32. The van der Waals surface area contributed by atoms with Crippen LogP contribution in [0.5, 0.6) is 0 Å². The van der Waals surface area contributed by atoms with Crippen LogP contribution in [-0.2, 0) is 6.42 Å². The second-order valence-electron chi connectivity index (χ2n) is 4.37. The van der Waals surface area contributed by atoms with Crippen molar-refractivity contribution in [2.45, 2.75) is 6.42 Å². The topological polar surface area (TPSA) is 55.1 Å². The molecule has 0 atom stereocenters. The summed E-state index contributed by atoms with van der Waals surface area (Å²) in [6.45, 7) is 0.478. The molecule has 2 aromatic rings. The molecule has 5 heteroatoms. The molecule has 0 unspecified atom stereocenters. The van der Waals surface area contributed by atoms with Gasteiger partial charge in [-0.2, -0.15) is 0 Å². The zero-order chi connectivity index (χ0) is 14.5. The van der Waals surface area contributed by atoms with E-state index in [0.29, 0.717) is 28.7 Å². The predicted octanol–water partition coefficient (Wildman–Crippen LogP) is 3.14. The number of benzene rings is 2. The highest BCUT2D eigenvalue weighted by atomic mass is 79.9. The summed E-state index contributed by atoms with van der Waals surface area (Å²) in [4.78, 5) is 12.0. The number of nitrogens with one attached hydrogen (secondary N) is 1. The average molecular weight is 337 g/mol. The van der Waals surface area contributed by atoms with Crippen molar-refractivity contribution in [2.24, 2.45) is 0 Å². The fraction of sp³-hybridized carbons (Fsp3) is 0.133. The molecule has 20 heavy (non-hydrogen) atoms. The van der Waals surface area contributed by atoms with Crippen LogP contribution in [0.1, 0.15) is 15.9 Å². The lowest BCUT2D eigenvalue weighted by Gasteiger charge is -2.08. The van der Waals surface area contributed by atoms with Crippen molar-refractivity contribution in [3.63, 3.8) is 0 Å². The van der Waals surface area contributed by atoms with Gasteiger partial charge in [-0.25, -0.2) is 4.39 Å². The van der Waals surface area contributed by atoms with Crippen molar-refractivity contribution in [3.05, 3.63) is 63.9 Å². The standard InChI is InChI=1S/C15H14BrFN2O/c16-14-6-5-12(18)9-13(14)15(20)19-8-7-10-1-3-11(17)4-2-10/h1-6,9H,7-8,18H2,(H,19,20). The maximum Gasteiger partial charge on any atom is 0.252 e. The Labute approximate surface area is 125 Å². The largest absolute Gasteiger partial charge is 0.399 e. The first-order valence-corrected chi connectivity index (χ1v) is 6.93. The van der Waals surface area contributed by atoms with Crippen LogP contribution in [0.4, 0.5) is 10.1 Å². The Kier molecular flexibility index (Phi) is 4.74. The molecular weight excluding hydrogens is 323 g/mol.